The number of nitrogens with zero attached hydrogens (tertiary/aromatic N) is 1. The number of amides is 1. The summed E-state index contributed by atoms with van der Waals surface area (Å²) in [5, 5.41) is 0. The molecule has 2 rings (SSSR count). The number of rotatable bonds is 6. The van der Waals surface area contributed by atoms with Crippen LogP contribution in [0.5, 0.6) is 5.75 Å². The van der Waals surface area contributed by atoms with Gasteiger partial charge in [-0.2, -0.15) is 13.2 Å². The summed E-state index contributed by atoms with van der Waals surface area (Å²) in [7, 11) is 3.20. The molecule has 0 atom stereocenters. The molecule has 0 saturated carbocycles. The van der Waals surface area contributed by atoms with Crippen LogP contribution in [-0.2, 0) is 11.0 Å². The van der Waals surface area contributed by atoms with E-state index in [1.165, 1.54) is 35.3 Å². The molecule has 2 aromatic carbocycles. The molecule has 0 aliphatic heterocycles. The average Bonchev–Trinajstić information content (AvgIpc) is 2.63. The molecule has 1 amide bonds. The predicted molar refractivity (Wildman–Crippen MR) is 95.4 cm³/mol. The first-order chi connectivity index (χ1) is 12.7. The zero-order valence-corrected chi connectivity index (χ0v) is 14.8. The van der Waals surface area contributed by atoms with E-state index in [1.807, 2.05) is 0 Å². The van der Waals surface area contributed by atoms with Gasteiger partial charge in [0.25, 0.3) is 5.91 Å². The predicted octanol–water partition coefficient (Wildman–Crippen LogP) is 4.07. The van der Waals surface area contributed by atoms with Gasteiger partial charge in [-0.05, 0) is 35.9 Å². The molecule has 0 aliphatic rings. The van der Waals surface area contributed by atoms with Crippen molar-refractivity contribution in [3.8, 4) is 5.75 Å². The topological polar surface area (TPSA) is 46.6 Å². The number of hydrogen-bond donors (Lipinski definition) is 0. The van der Waals surface area contributed by atoms with Crippen LogP contribution in [0.2, 0.25) is 0 Å². The molecular formula is C20H18F3NO3. The fourth-order valence-electron chi connectivity index (χ4n) is 2.10. The molecule has 0 unspecified atom stereocenters. The van der Waals surface area contributed by atoms with E-state index in [4.69, 9.17) is 4.74 Å². The molecule has 0 fully saturated rings. The maximum atomic E-state index is 12.7. The van der Waals surface area contributed by atoms with Gasteiger partial charge in [-0.25, -0.2) is 0 Å². The second kappa shape index (κ2) is 8.53. The molecule has 0 N–H and O–H groups in total. The summed E-state index contributed by atoms with van der Waals surface area (Å²) in [4.78, 5) is 25.2. The highest BCUT2D eigenvalue weighted by Gasteiger charge is 2.30. The standard InChI is InChI=1S/C20H18F3NO3/c1-24(2)19(26)13-27-17-8-4-6-15(12-17)18(25)10-9-14-5-3-7-16(11-14)20(21,22)23/h3-12H,13H2,1-2H3. The summed E-state index contributed by atoms with van der Waals surface area (Å²) in [6.45, 7) is -0.162. The van der Waals surface area contributed by atoms with Crippen molar-refractivity contribution in [3.05, 3.63) is 71.3 Å². The van der Waals surface area contributed by atoms with Crippen molar-refractivity contribution < 1.29 is 27.5 Å². The maximum Gasteiger partial charge on any atom is 0.416 e. The number of allylic oxidation sites excluding steroid dienone is 1. The van der Waals surface area contributed by atoms with Crippen molar-refractivity contribution in [1.29, 1.82) is 0 Å². The summed E-state index contributed by atoms with van der Waals surface area (Å²) >= 11 is 0. The third kappa shape index (κ3) is 5.99. The number of carbonyl (C=O) groups is 2. The van der Waals surface area contributed by atoms with Gasteiger partial charge in [0.15, 0.2) is 12.4 Å². The van der Waals surface area contributed by atoms with E-state index in [2.05, 4.69) is 0 Å². The first-order valence-corrected chi connectivity index (χ1v) is 7.99. The summed E-state index contributed by atoms with van der Waals surface area (Å²) in [5.41, 5.74) is -0.215. The van der Waals surface area contributed by atoms with E-state index in [1.54, 1.807) is 32.3 Å². The Hall–Kier alpha value is -3.09. The molecule has 27 heavy (non-hydrogen) atoms. The average molecular weight is 377 g/mol. The van der Waals surface area contributed by atoms with Gasteiger partial charge >= 0.3 is 6.18 Å². The molecular weight excluding hydrogens is 359 g/mol. The lowest BCUT2D eigenvalue weighted by atomic mass is 10.1. The third-order valence-electron chi connectivity index (χ3n) is 3.62. The van der Waals surface area contributed by atoms with Crippen molar-refractivity contribution in [1.82, 2.24) is 4.90 Å². The first-order valence-electron chi connectivity index (χ1n) is 7.99. The molecule has 0 saturated heterocycles. The Morgan fingerprint density at radius 3 is 2.44 bits per heavy atom. The van der Waals surface area contributed by atoms with Crippen molar-refractivity contribution in [2.45, 2.75) is 6.18 Å². The van der Waals surface area contributed by atoms with Crippen LogP contribution >= 0.6 is 0 Å². The van der Waals surface area contributed by atoms with Gasteiger partial charge in [0.05, 0.1) is 5.56 Å². The van der Waals surface area contributed by atoms with Gasteiger partial charge in [0.2, 0.25) is 0 Å². The Bertz CT molecular complexity index is 858. The fourth-order valence-corrected chi connectivity index (χ4v) is 2.10. The molecule has 0 aliphatic carbocycles. The lowest BCUT2D eigenvalue weighted by Crippen LogP contribution is -2.27. The van der Waals surface area contributed by atoms with Gasteiger partial charge in [0, 0.05) is 19.7 Å². The molecule has 0 bridgehead atoms. The molecule has 4 nitrogen and oxygen atoms in total. The normalized spacial score (nSPS) is 11.4. The number of likely N-dealkylation sites (N-methyl/N-ethyl adjacent to an activating group) is 1. The van der Waals surface area contributed by atoms with Crippen molar-refractivity contribution in [3.63, 3.8) is 0 Å². The minimum atomic E-state index is -4.44. The van der Waals surface area contributed by atoms with Crippen LogP contribution in [0.4, 0.5) is 13.2 Å². The van der Waals surface area contributed by atoms with E-state index in [9.17, 15) is 22.8 Å². The van der Waals surface area contributed by atoms with E-state index in [0.717, 1.165) is 12.1 Å². The first kappa shape index (κ1) is 20.2. The monoisotopic (exact) mass is 377 g/mol. The van der Waals surface area contributed by atoms with Crippen LogP contribution < -0.4 is 4.74 Å². The van der Waals surface area contributed by atoms with Gasteiger partial charge < -0.3 is 9.64 Å². The van der Waals surface area contributed by atoms with Crippen molar-refractivity contribution in [2.24, 2.45) is 0 Å². The Balaban J connectivity index is 2.09. The van der Waals surface area contributed by atoms with Crippen LogP contribution in [0.25, 0.3) is 6.08 Å². The number of carbonyl (C=O) groups excluding carboxylic acids is 2. The largest absolute Gasteiger partial charge is 0.484 e. The number of hydrogen-bond acceptors (Lipinski definition) is 3. The zero-order chi connectivity index (χ0) is 20.0. The number of alkyl halides is 3. The van der Waals surface area contributed by atoms with Crippen LogP contribution in [-0.4, -0.2) is 37.3 Å². The van der Waals surface area contributed by atoms with Crippen LogP contribution in [0.15, 0.2) is 54.6 Å². The zero-order valence-electron chi connectivity index (χ0n) is 14.8. The minimum Gasteiger partial charge on any atom is -0.484 e. The molecule has 142 valence electrons. The summed E-state index contributed by atoms with van der Waals surface area (Å²) in [6, 6.07) is 10.9. The van der Waals surface area contributed by atoms with Crippen LogP contribution in [0, 0.1) is 0 Å². The SMILES string of the molecule is CN(C)C(=O)COc1cccc(C(=O)C=Cc2cccc(C(F)(F)F)c2)c1. The lowest BCUT2D eigenvalue weighted by Gasteiger charge is -2.11. The molecule has 2 aromatic rings. The molecule has 0 spiro atoms. The maximum absolute atomic E-state index is 12.7. The summed E-state index contributed by atoms with van der Waals surface area (Å²) < 4.78 is 43.5. The second-order valence-electron chi connectivity index (χ2n) is 5.93. The van der Waals surface area contributed by atoms with Gasteiger partial charge in [-0.1, -0.05) is 30.3 Å². The van der Waals surface area contributed by atoms with Crippen molar-refractivity contribution >= 4 is 17.8 Å². The molecule has 7 heteroatoms. The fraction of sp³-hybridized carbons (Fsp3) is 0.200. The van der Waals surface area contributed by atoms with Gasteiger partial charge in [0.1, 0.15) is 5.75 Å². The number of ketones is 1. The Kier molecular flexibility index (Phi) is 6.39. The van der Waals surface area contributed by atoms with E-state index in [0.29, 0.717) is 11.3 Å². The minimum absolute atomic E-state index is 0.162. The Morgan fingerprint density at radius 1 is 1.07 bits per heavy atom. The molecule has 0 heterocycles. The summed E-state index contributed by atoms with van der Waals surface area (Å²) in [6.07, 6.45) is -1.93. The van der Waals surface area contributed by atoms with Crippen LogP contribution in [0.1, 0.15) is 21.5 Å². The highest BCUT2D eigenvalue weighted by molar-refractivity contribution is 6.07. The van der Waals surface area contributed by atoms with Crippen LogP contribution in [0.3, 0.4) is 0 Å². The number of halogens is 3. The lowest BCUT2D eigenvalue weighted by molar-refractivity contribution is -0.137. The van der Waals surface area contributed by atoms with E-state index >= 15 is 0 Å². The smallest absolute Gasteiger partial charge is 0.416 e. The number of benzene rings is 2. The quantitative estimate of drug-likeness (QED) is 0.563. The highest BCUT2D eigenvalue weighted by Crippen LogP contribution is 2.29. The number of ether oxygens (including phenoxy) is 1. The van der Waals surface area contributed by atoms with E-state index < -0.39 is 17.5 Å². The van der Waals surface area contributed by atoms with Gasteiger partial charge in [-0.15, -0.1) is 0 Å². The summed E-state index contributed by atoms with van der Waals surface area (Å²) in [5.74, 6) is -0.267. The molecule has 0 aromatic heterocycles. The van der Waals surface area contributed by atoms with Crippen molar-refractivity contribution in [2.75, 3.05) is 20.7 Å². The Labute approximate surface area is 154 Å². The van der Waals surface area contributed by atoms with Gasteiger partial charge in [-0.3, -0.25) is 9.59 Å². The third-order valence-corrected chi connectivity index (χ3v) is 3.62. The highest BCUT2D eigenvalue weighted by atomic mass is 19.4. The van der Waals surface area contributed by atoms with E-state index in [-0.39, 0.29) is 18.1 Å². The second-order valence-corrected chi connectivity index (χ2v) is 5.93. The molecule has 0 radical (unpaired) electrons. The Morgan fingerprint density at radius 2 is 1.78 bits per heavy atom.